The van der Waals surface area contributed by atoms with E-state index >= 15 is 0 Å². The molecular weight excluding hydrogens is 216 g/mol. The Morgan fingerprint density at radius 1 is 1.00 bits per heavy atom. The van der Waals surface area contributed by atoms with Gasteiger partial charge in [-0.2, -0.15) is 0 Å². The lowest BCUT2D eigenvalue weighted by atomic mass is 9.83. The van der Waals surface area contributed by atoms with Crippen LogP contribution in [0.5, 0.6) is 0 Å². The van der Waals surface area contributed by atoms with Crippen molar-refractivity contribution in [2.75, 3.05) is 0 Å². The Hall–Kier alpha value is 0. The van der Waals surface area contributed by atoms with Crippen LogP contribution in [0.25, 0.3) is 0 Å². The lowest BCUT2D eigenvalue weighted by Gasteiger charge is -2.22. The zero-order valence-electron chi connectivity index (χ0n) is 13.7. The maximum atomic E-state index is 2.47. The first-order chi connectivity index (χ1) is 8.45. The van der Waals surface area contributed by atoms with E-state index in [2.05, 4.69) is 41.5 Å². The molecule has 1 saturated carbocycles. The van der Waals surface area contributed by atoms with E-state index in [4.69, 9.17) is 0 Å². The van der Waals surface area contributed by atoms with Crippen LogP contribution in [-0.4, -0.2) is 0 Å². The average molecular weight is 252 g/mol. The van der Waals surface area contributed by atoms with Gasteiger partial charge in [-0.05, 0) is 48.3 Å². The van der Waals surface area contributed by atoms with Crippen molar-refractivity contribution in [1.82, 2.24) is 0 Å². The van der Waals surface area contributed by atoms with Gasteiger partial charge in [0.25, 0.3) is 0 Å². The fraction of sp³-hybridized carbons (Fsp3) is 1.00. The van der Waals surface area contributed by atoms with Gasteiger partial charge in [-0.15, -0.1) is 0 Å². The van der Waals surface area contributed by atoms with E-state index in [0.29, 0.717) is 0 Å². The van der Waals surface area contributed by atoms with Crippen LogP contribution in [0.15, 0.2) is 0 Å². The van der Waals surface area contributed by atoms with Gasteiger partial charge in [0.15, 0.2) is 0 Å². The van der Waals surface area contributed by atoms with Crippen LogP contribution in [0, 0.1) is 35.5 Å². The molecule has 0 spiro atoms. The summed E-state index contributed by atoms with van der Waals surface area (Å²) < 4.78 is 0. The Bertz CT molecular complexity index is 218. The zero-order valence-corrected chi connectivity index (χ0v) is 13.7. The maximum absolute atomic E-state index is 2.47. The fourth-order valence-corrected chi connectivity index (χ4v) is 3.44. The third-order valence-electron chi connectivity index (χ3n) is 5.51. The first-order valence-corrected chi connectivity index (χ1v) is 8.45. The second kappa shape index (κ2) is 7.56. The topological polar surface area (TPSA) is 0 Å². The summed E-state index contributed by atoms with van der Waals surface area (Å²) in [5.41, 5.74) is 0. The summed E-state index contributed by atoms with van der Waals surface area (Å²) in [7, 11) is 0. The van der Waals surface area contributed by atoms with E-state index in [0.717, 1.165) is 35.5 Å². The van der Waals surface area contributed by atoms with Crippen LogP contribution in [-0.2, 0) is 0 Å². The standard InChI is InChI=1S/C18H36/c1-7-14(4)11-16(6)15(5)9-8-10-17-12-18(17)13(2)3/h13-18H,7-12H2,1-6H3. The second-order valence-electron chi connectivity index (χ2n) is 7.54. The zero-order chi connectivity index (χ0) is 13.7. The molecule has 108 valence electrons. The summed E-state index contributed by atoms with van der Waals surface area (Å²) in [5, 5.41) is 0. The Kier molecular flexibility index (Phi) is 6.74. The van der Waals surface area contributed by atoms with Crippen molar-refractivity contribution < 1.29 is 0 Å². The van der Waals surface area contributed by atoms with Crippen molar-refractivity contribution in [3.05, 3.63) is 0 Å². The number of hydrogen-bond acceptors (Lipinski definition) is 0. The van der Waals surface area contributed by atoms with Gasteiger partial charge in [-0.1, -0.05) is 67.2 Å². The predicted molar refractivity (Wildman–Crippen MR) is 82.7 cm³/mol. The van der Waals surface area contributed by atoms with Gasteiger partial charge in [0.2, 0.25) is 0 Å². The Morgan fingerprint density at radius 2 is 1.67 bits per heavy atom. The van der Waals surface area contributed by atoms with Crippen molar-refractivity contribution in [3.63, 3.8) is 0 Å². The Morgan fingerprint density at radius 3 is 2.17 bits per heavy atom. The smallest absolute Gasteiger partial charge is 0.0360 e. The molecule has 1 fully saturated rings. The highest BCUT2D eigenvalue weighted by molar-refractivity contribution is 4.88. The molecule has 0 N–H and O–H groups in total. The van der Waals surface area contributed by atoms with Crippen molar-refractivity contribution in [3.8, 4) is 0 Å². The first kappa shape index (κ1) is 16.1. The first-order valence-electron chi connectivity index (χ1n) is 8.45. The van der Waals surface area contributed by atoms with Crippen molar-refractivity contribution in [1.29, 1.82) is 0 Å². The molecule has 18 heavy (non-hydrogen) atoms. The molecule has 0 amide bonds. The molecule has 5 unspecified atom stereocenters. The van der Waals surface area contributed by atoms with Crippen molar-refractivity contribution in [2.24, 2.45) is 35.5 Å². The molecule has 0 radical (unpaired) electrons. The van der Waals surface area contributed by atoms with Gasteiger partial charge < -0.3 is 0 Å². The SMILES string of the molecule is CCC(C)CC(C)C(C)CCCC1CC1C(C)C. The molecule has 0 aromatic heterocycles. The molecule has 0 saturated heterocycles. The molecule has 0 bridgehead atoms. The van der Waals surface area contributed by atoms with Crippen molar-refractivity contribution in [2.45, 2.75) is 80.1 Å². The molecule has 1 rings (SSSR count). The highest BCUT2D eigenvalue weighted by Gasteiger charge is 2.38. The minimum atomic E-state index is 0.913. The minimum Gasteiger partial charge on any atom is -0.0651 e. The summed E-state index contributed by atoms with van der Waals surface area (Å²) in [6, 6.07) is 0. The molecule has 0 aliphatic heterocycles. The second-order valence-corrected chi connectivity index (χ2v) is 7.54. The van der Waals surface area contributed by atoms with E-state index < -0.39 is 0 Å². The lowest BCUT2D eigenvalue weighted by molar-refractivity contribution is 0.287. The molecular formula is C18H36. The summed E-state index contributed by atoms with van der Waals surface area (Å²) in [5.74, 6) is 5.84. The normalized spacial score (nSPS) is 28.2. The summed E-state index contributed by atoms with van der Waals surface area (Å²) in [6.45, 7) is 14.4. The van der Waals surface area contributed by atoms with E-state index in [1.807, 2.05) is 0 Å². The van der Waals surface area contributed by atoms with Crippen molar-refractivity contribution >= 4 is 0 Å². The number of hydrogen-bond donors (Lipinski definition) is 0. The summed E-state index contributed by atoms with van der Waals surface area (Å²) in [6.07, 6.45) is 8.72. The van der Waals surface area contributed by atoms with Crippen LogP contribution in [0.1, 0.15) is 80.1 Å². The highest BCUT2D eigenvalue weighted by Crippen LogP contribution is 2.47. The van der Waals surface area contributed by atoms with Gasteiger partial charge >= 0.3 is 0 Å². The summed E-state index contributed by atoms with van der Waals surface area (Å²) in [4.78, 5) is 0. The van der Waals surface area contributed by atoms with E-state index in [9.17, 15) is 0 Å². The Balaban J connectivity index is 2.08. The quantitative estimate of drug-likeness (QED) is 0.461. The molecule has 0 heteroatoms. The molecule has 5 atom stereocenters. The van der Waals surface area contributed by atoms with Gasteiger partial charge in [0.1, 0.15) is 0 Å². The summed E-state index contributed by atoms with van der Waals surface area (Å²) >= 11 is 0. The van der Waals surface area contributed by atoms with Crippen LogP contribution < -0.4 is 0 Å². The largest absolute Gasteiger partial charge is 0.0651 e. The molecule has 0 nitrogen and oxygen atoms in total. The van der Waals surface area contributed by atoms with Crippen LogP contribution in [0.3, 0.4) is 0 Å². The van der Waals surface area contributed by atoms with Gasteiger partial charge in [-0.25, -0.2) is 0 Å². The average Bonchev–Trinajstić information content (AvgIpc) is 3.08. The third kappa shape index (κ3) is 5.33. The van der Waals surface area contributed by atoms with Gasteiger partial charge in [0, 0.05) is 0 Å². The van der Waals surface area contributed by atoms with E-state index in [-0.39, 0.29) is 0 Å². The minimum absolute atomic E-state index is 0.913. The predicted octanol–water partition coefficient (Wildman–Crippen LogP) is 6.16. The lowest BCUT2D eigenvalue weighted by Crippen LogP contribution is -2.11. The van der Waals surface area contributed by atoms with Crippen LogP contribution >= 0.6 is 0 Å². The third-order valence-corrected chi connectivity index (χ3v) is 5.51. The molecule has 0 aromatic carbocycles. The molecule has 0 heterocycles. The highest BCUT2D eigenvalue weighted by atomic mass is 14.4. The Labute approximate surface area is 116 Å². The monoisotopic (exact) mass is 252 g/mol. The maximum Gasteiger partial charge on any atom is -0.0360 e. The fourth-order valence-electron chi connectivity index (χ4n) is 3.44. The van der Waals surface area contributed by atoms with Crippen LogP contribution in [0.4, 0.5) is 0 Å². The van der Waals surface area contributed by atoms with Crippen LogP contribution in [0.2, 0.25) is 0 Å². The van der Waals surface area contributed by atoms with E-state index in [1.165, 1.54) is 38.5 Å². The van der Waals surface area contributed by atoms with Gasteiger partial charge in [0.05, 0.1) is 0 Å². The molecule has 1 aliphatic carbocycles. The van der Waals surface area contributed by atoms with E-state index in [1.54, 1.807) is 0 Å². The number of rotatable bonds is 9. The molecule has 0 aromatic rings. The van der Waals surface area contributed by atoms with Gasteiger partial charge in [-0.3, -0.25) is 0 Å². The molecule has 1 aliphatic rings.